The second kappa shape index (κ2) is 7.27. The Labute approximate surface area is 184 Å². The van der Waals surface area contributed by atoms with E-state index < -0.39 is 0 Å². The zero-order valence-electron chi connectivity index (χ0n) is 16.9. The summed E-state index contributed by atoms with van der Waals surface area (Å²) in [6.45, 7) is 0. The van der Waals surface area contributed by atoms with Crippen molar-refractivity contribution in [2.24, 2.45) is 0 Å². The van der Waals surface area contributed by atoms with E-state index in [0.717, 1.165) is 44.2 Å². The molecule has 0 spiro atoms. The van der Waals surface area contributed by atoms with Crippen LogP contribution in [0.5, 0.6) is 0 Å². The van der Waals surface area contributed by atoms with E-state index in [2.05, 4.69) is 43.6 Å². The Morgan fingerprint density at radius 3 is 0.844 bits per heavy atom. The molecule has 5 heterocycles. The lowest BCUT2D eigenvalue weighted by Crippen LogP contribution is -2.17. The van der Waals surface area contributed by atoms with Crippen LogP contribution >= 0.6 is 0 Å². The van der Waals surface area contributed by atoms with Gasteiger partial charge in [0.05, 0.1) is 66.5 Å². The molecule has 4 heteroatoms. The number of hydrogen-bond acceptors (Lipinski definition) is 0. The van der Waals surface area contributed by atoms with Crippen molar-refractivity contribution >= 4 is 22.3 Å². The van der Waals surface area contributed by atoms with Gasteiger partial charge in [-0.15, -0.1) is 25.7 Å². The van der Waals surface area contributed by atoms with Gasteiger partial charge in [-0.1, -0.05) is 23.7 Å². The van der Waals surface area contributed by atoms with Gasteiger partial charge in [-0.25, -0.2) is 0 Å². The van der Waals surface area contributed by atoms with Crippen molar-refractivity contribution in [3.05, 3.63) is 92.7 Å². The first-order valence-corrected chi connectivity index (χ1v) is 9.80. The van der Waals surface area contributed by atoms with Crippen LogP contribution in [0.3, 0.4) is 0 Å². The maximum Gasteiger partial charge on any atom is 0.0712 e. The standard InChI is InChI=1S/C28H16N4/c1-5-17-21-9-11-23(29-21)18(6-2)25-13-15-27(31-25)20(8-4)28-16-14-26(32-28)19(7-3)24-12-10-22(17)30-24/h1-4,9-16,29-32H. The van der Waals surface area contributed by atoms with Gasteiger partial charge in [0.15, 0.2) is 0 Å². The molecular weight excluding hydrogens is 392 g/mol. The van der Waals surface area contributed by atoms with Crippen molar-refractivity contribution < 1.29 is 0 Å². The molecule has 32 heavy (non-hydrogen) atoms. The number of rotatable bonds is 0. The van der Waals surface area contributed by atoms with Crippen LogP contribution in [0.1, 0.15) is 22.8 Å². The molecule has 4 aromatic heterocycles. The lowest BCUT2D eigenvalue weighted by molar-refractivity contribution is 1.21. The smallest absolute Gasteiger partial charge is 0.0712 e. The average molecular weight is 408 g/mol. The molecule has 0 aliphatic carbocycles. The first kappa shape index (κ1) is 18.8. The molecule has 0 atom stereocenters. The number of aromatic amines is 4. The molecule has 4 nitrogen and oxygen atoms in total. The van der Waals surface area contributed by atoms with Gasteiger partial charge in [0.1, 0.15) is 0 Å². The summed E-state index contributed by atoms with van der Waals surface area (Å²) in [6, 6.07) is 15.3. The number of hydrogen-bond donors (Lipinski definition) is 4. The van der Waals surface area contributed by atoms with Gasteiger partial charge in [0, 0.05) is 0 Å². The molecule has 0 fully saturated rings. The number of aromatic nitrogens is 4. The number of H-pyrrole nitrogens is 4. The van der Waals surface area contributed by atoms with E-state index in [1.165, 1.54) is 0 Å². The first-order valence-electron chi connectivity index (χ1n) is 9.80. The van der Waals surface area contributed by atoms with Crippen molar-refractivity contribution in [3.63, 3.8) is 0 Å². The molecule has 0 unspecified atom stereocenters. The Morgan fingerprint density at radius 2 is 0.625 bits per heavy atom. The Hall–Kier alpha value is -5.16. The molecule has 4 aromatic rings. The van der Waals surface area contributed by atoms with E-state index >= 15 is 0 Å². The topological polar surface area (TPSA) is 63.2 Å². The van der Waals surface area contributed by atoms with E-state index in [9.17, 15) is 0 Å². The third-order valence-electron chi connectivity index (χ3n) is 5.48. The summed E-state index contributed by atoms with van der Waals surface area (Å²) in [4.78, 5) is 13.4. The Bertz CT molecular complexity index is 1550. The zero-order chi connectivity index (χ0) is 22.2. The van der Waals surface area contributed by atoms with E-state index in [0.29, 0.717) is 22.3 Å². The van der Waals surface area contributed by atoms with E-state index in [4.69, 9.17) is 25.7 Å². The molecule has 0 aromatic carbocycles. The molecular formula is C28H16N4. The maximum atomic E-state index is 5.86. The molecule has 0 saturated heterocycles. The van der Waals surface area contributed by atoms with Crippen molar-refractivity contribution in [2.45, 2.75) is 0 Å². The number of terminal acetylenes is 4. The highest BCUT2D eigenvalue weighted by atomic mass is 14.8. The predicted octanol–water partition coefficient (Wildman–Crippen LogP) is 0.641. The maximum absolute atomic E-state index is 5.86. The Balaban J connectivity index is 1.98. The fourth-order valence-electron chi connectivity index (χ4n) is 3.95. The third kappa shape index (κ3) is 2.81. The average Bonchev–Trinajstić information content (AvgIpc) is 3.59. The molecule has 0 radical (unpaired) electrons. The summed E-state index contributed by atoms with van der Waals surface area (Å²) in [5.74, 6) is 11.1. The minimum absolute atomic E-state index is 0.671. The Morgan fingerprint density at radius 1 is 0.375 bits per heavy atom. The minimum Gasteiger partial charge on any atom is -0.353 e. The second-order valence-electron chi connectivity index (χ2n) is 7.22. The van der Waals surface area contributed by atoms with E-state index in [-0.39, 0.29) is 0 Å². The lowest BCUT2D eigenvalue weighted by atomic mass is 10.2. The zero-order valence-corrected chi connectivity index (χ0v) is 16.9. The van der Waals surface area contributed by atoms with Crippen molar-refractivity contribution in [1.82, 2.24) is 19.9 Å². The van der Waals surface area contributed by atoms with Crippen molar-refractivity contribution in [1.29, 1.82) is 0 Å². The van der Waals surface area contributed by atoms with Crippen LogP contribution in [0.2, 0.25) is 0 Å². The van der Waals surface area contributed by atoms with Crippen LogP contribution in [0.4, 0.5) is 0 Å². The highest BCUT2D eigenvalue weighted by Crippen LogP contribution is 2.17. The van der Waals surface area contributed by atoms with Gasteiger partial charge >= 0.3 is 0 Å². The van der Waals surface area contributed by atoms with Crippen molar-refractivity contribution in [2.75, 3.05) is 0 Å². The summed E-state index contributed by atoms with van der Waals surface area (Å²) in [6.07, 6.45) is 23.5. The molecule has 5 rings (SSSR count). The highest BCUT2D eigenvalue weighted by molar-refractivity contribution is 5.82. The summed E-state index contributed by atoms with van der Waals surface area (Å²) in [5, 5.41) is 3.07. The van der Waals surface area contributed by atoms with E-state index in [1.54, 1.807) is 0 Å². The molecule has 1 aliphatic heterocycles. The minimum atomic E-state index is 0.671. The fourth-order valence-corrected chi connectivity index (χ4v) is 3.95. The SMILES string of the molecule is C#CC1=c2ccc([nH]2)=C(C#C)c2ccc([nH]2)C(C#C)=c2ccc([nH]2)=C(C#C)c2ccc1[nH]2. The predicted molar refractivity (Wildman–Crippen MR) is 127 cm³/mol. The largest absolute Gasteiger partial charge is 0.353 e. The van der Waals surface area contributed by atoms with Crippen LogP contribution in [0, 0.1) is 49.4 Å². The molecule has 8 bridgehead atoms. The summed E-state index contributed by atoms with van der Waals surface area (Å²) < 4.78 is 0. The first-order chi connectivity index (χ1) is 15.7. The second-order valence-corrected chi connectivity index (χ2v) is 7.22. The molecule has 0 amide bonds. The molecule has 0 saturated carbocycles. The van der Waals surface area contributed by atoms with Crippen LogP contribution < -0.4 is 21.4 Å². The summed E-state index contributed by atoms with van der Waals surface area (Å²) in [5.41, 5.74) is 5.75. The van der Waals surface area contributed by atoms with Crippen molar-refractivity contribution in [3.8, 4) is 49.4 Å². The van der Waals surface area contributed by atoms with E-state index in [1.807, 2.05) is 48.5 Å². The monoisotopic (exact) mass is 408 g/mol. The van der Waals surface area contributed by atoms with Gasteiger partial charge in [-0.2, -0.15) is 0 Å². The van der Waals surface area contributed by atoms with Gasteiger partial charge in [0.25, 0.3) is 0 Å². The lowest BCUT2D eigenvalue weighted by Gasteiger charge is -2.00. The Kier molecular flexibility index (Phi) is 4.28. The normalized spacial score (nSPS) is 12.6. The van der Waals surface area contributed by atoms with Crippen LogP contribution in [-0.4, -0.2) is 19.9 Å². The van der Waals surface area contributed by atoms with Gasteiger partial charge in [-0.3, -0.25) is 0 Å². The molecule has 4 N–H and O–H groups in total. The number of nitrogens with one attached hydrogen (secondary N) is 4. The molecule has 1 aliphatic rings. The highest BCUT2D eigenvalue weighted by Gasteiger charge is 2.12. The quantitative estimate of drug-likeness (QED) is 0.309. The summed E-state index contributed by atoms with van der Waals surface area (Å²) >= 11 is 0. The molecule has 148 valence electrons. The van der Waals surface area contributed by atoms with Crippen LogP contribution in [-0.2, 0) is 0 Å². The number of fused-ring (bicyclic) bond motifs is 8. The van der Waals surface area contributed by atoms with Crippen LogP contribution in [0.15, 0.2) is 48.5 Å². The van der Waals surface area contributed by atoms with Gasteiger partial charge < -0.3 is 19.9 Å². The van der Waals surface area contributed by atoms with Gasteiger partial charge in [-0.05, 0) is 48.5 Å². The van der Waals surface area contributed by atoms with Gasteiger partial charge in [0.2, 0.25) is 0 Å². The summed E-state index contributed by atoms with van der Waals surface area (Å²) in [7, 11) is 0. The van der Waals surface area contributed by atoms with Crippen LogP contribution in [0.25, 0.3) is 22.3 Å². The fraction of sp³-hybridized carbons (Fsp3) is 0. The third-order valence-corrected chi connectivity index (χ3v) is 5.48.